The van der Waals surface area contributed by atoms with E-state index in [1.54, 1.807) is 18.2 Å². The standard InChI is InChI=1S/C22H21N3O5/c1-3-29-18-8-5-16(6-9-18)12-22(26)24-23-14-19-10-11-21(30-19)20-13-17(25(27)28)7-4-15(20)2/h4-11,13-14H,3,12H2,1-2H3,(H,24,26)/b23-14-. The number of nitrogens with one attached hydrogen (secondary N) is 1. The first kappa shape index (κ1) is 20.8. The van der Waals surface area contributed by atoms with Gasteiger partial charge < -0.3 is 9.15 Å². The molecule has 0 aliphatic rings. The van der Waals surface area contributed by atoms with Gasteiger partial charge in [-0.3, -0.25) is 14.9 Å². The van der Waals surface area contributed by atoms with Crippen molar-refractivity contribution in [1.82, 2.24) is 5.43 Å². The van der Waals surface area contributed by atoms with E-state index in [0.717, 1.165) is 16.9 Å². The summed E-state index contributed by atoms with van der Waals surface area (Å²) >= 11 is 0. The molecule has 1 N–H and O–H groups in total. The van der Waals surface area contributed by atoms with Gasteiger partial charge in [-0.15, -0.1) is 0 Å². The molecule has 0 radical (unpaired) electrons. The molecule has 0 saturated heterocycles. The minimum Gasteiger partial charge on any atom is -0.494 e. The molecule has 0 atom stereocenters. The maximum atomic E-state index is 12.0. The van der Waals surface area contributed by atoms with Crippen molar-refractivity contribution in [2.75, 3.05) is 6.61 Å². The minimum atomic E-state index is -0.450. The number of amides is 1. The summed E-state index contributed by atoms with van der Waals surface area (Å²) in [6, 6.07) is 15.3. The predicted octanol–water partition coefficient (Wildman–Crippen LogP) is 4.25. The molecule has 0 bridgehead atoms. The number of nitro benzene ring substituents is 1. The lowest BCUT2D eigenvalue weighted by Crippen LogP contribution is -2.19. The van der Waals surface area contributed by atoms with Crippen LogP contribution in [0.5, 0.6) is 5.75 Å². The quantitative estimate of drug-likeness (QED) is 0.341. The van der Waals surface area contributed by atoms with Crippen molar-refractivity contribution >= 4 is 17.8 Å². The number of hydrogen-bond acceptors (Lipinski definition) is 6. The van der Waals surface area contributed by atoms with Gasteiger partial charge in [-0.2, -0.15) is 5.10 Å². The summed E-state index contributed by atoms with van der Waals surface area (Å²) < 4.78 is 11.1. The molecule has 3 rings (SSSR count). The molecule has 1 heterocycles. The Balaban J connectivity index is 1.60. The van der Waals surface area contributed by atoms with Crippen LogP contribution in [0.2, 0.25) is 0 Å². The second-order valence-electron chi connectivity index (χ2n) is 6.51. The van der Waals surface area contributed by atoms with Crippen LogP contribution in [0.15, 0.2) is 64.1 Å². The van der Waals surface area contributed by atoms with Gasteiger partial charge in [0.1, 0.15) is 17.3 Å². The molecule has 0 aliphatic carbocycles. The fourth-order valence-corrected chi connectivity index (χ4v) is 2.82. The topological polar surface area (TPSA) is 107 Å². The summed E-state index contributed by atoms with van der Waals surface area (Å²) in [6.45, 7) is 4.34. The van der Waals surface area contributed by atoms with E-state index >= 15 is 0 Å². The van der Waals surface area contributed by atoms with E-state index in [2.05, 4.69) is 10.5 Å². The van der Waals surface area contributed by atoms with E-state index in [-0.39, 0.29) is 18.0 Å². The number of hydrazone groups is 1. The van der Waals surface area contributed by atoms with Crippen molar-refractivity contribution in [3.63, 3.8) is 0 Å². The monoisotopic (exact) mass is 407 g/mol. The van der Waals surface area contributed by atoms with Crippen molar-refractivity contribution in [3.05, 3.63) is 81.6 Å². The van der Waals surface area contributed by atoms with Crippen LogP contribution in [-0.4, -0.2) is 23.7 Å². The molecule has 0 aliphatic heterocycles. The summed E-state index contributed by atoms with van der Waals surface area (Å²) in [5, 5.41) is 14.9. The van der Waals surface area contributed by atoms with Crippen molar-refractivity contribution < 1.29 is 18.9 Å². The maximum Gasteiger partial charge on any atom is 0.270 e. The number of nitrogens with zero attached hydrogens (tertiary/aromatic N) is 2. The Kier molecular flexibility index (Phi) is 6.59. The SMILES string of the molecule is CCOc1ccc(CC(=O)N/N=C\c2ccc(-c3cc([N+](=O)[O-])ccc3C)o2)cc1. The number of carbonyl (C=O) groups excluding carboxylic acids is 1. The largest absolute Gasteiger partial charge is 0.494 e. The summed E-state index contributed by atoms with van der Waals surface area (Å²) in [6.07, 6.45) is 1.56. The molecule has 30 heavy (non-hydrogen) atoms. The molecule has 1 aromatic heterocycles. The zero-order chi connectivity index (χ0) is 21.5. The Morgan fingerprint density at radius 2 is 1.97 bits per heavy atom. The number of ether oxygens (including phenoxy) is 1. The lowest BCUT2D eigenvalue weighted by molar-refractivity contribution is -0.384. The lowest BCUT2D eigenvalue weighted by Gasteiger charge is -2.04. The molecule has 0 fully saturated rings. The lowest BCUT2D eigenvalue weighted by atomic mass is 10.1. The number of hydrogen-bond donors (Lipinski definition) is 1. The number of carbonyl (C=O) groups is 1. The van der Waals surface area contributed by atoms with E-state index in [9.17, 15) is 14.9 Å². The Hall–Kier alpha value is -3.94. The Morgan fingerprint density at radius 1 is 1.20 bits per heavy atom. The van der Waals surface area contributed by atoms with Crippen LogP contribution in [0.25, 0.3) is 11.3 Å². The average Bonchev–Trinajstić information content (AvgIpc) is 3.18. The van der Waals surface area contributed by atoms with Crippen molar-refractivity contribution in [3.8, 4) is 17.1 Å². The summed E-state index contributed by atoms with van der Waals surface area (Å²) in [4.78, 5) is 22.6. The summed E-state index contributed by atoms with van der Waals surface area (Å²) in [5.41, 5.74) is 4.76. The first-order chi connectivity index (χ1) is 14.5. The number of non-ortho nitro benzene ring substituents is 1. The van der Waals surface area contributed by atoms with Gasteiger partial charge in [-0.05, 0) is 49.2 Å². The molecule has 2 aromatic carbocycles. The highest BCUT2D eigenvalue weighted by Gasteiger charge is 2.13. The third-order valence-corrected chi connectivity index (χ3v) is 4.30. The van der Waals surface area contributed by atoms with Crippen LogP contribution in [0.1, 0.15) is 23.8 Å². The van der Waals surface area contributed by atoms with E-state index in [1.165, 1.54) is 18.3 Å². The van der Waals surface area contributed by atoms with Gasteiger partial charge in [0.2, 0.25) is 5.91 Å². The summed E-state index contributed by atoms with van der Waals surface area (Å²) in [7, 11) is 0. The average molecular weight is 407 g/mol. The normalized spacial score (nSPS) is 10.9. The molecule has 8 heteroatoms. The molecular formula is C22H21N3O5. The third-order valence-electron chi connectivity index (χ3n) is 4.30. The Morgan fingerprint density at radius 3 is 2.67 bits per heavy atom. The van der Waals surface area contributed by atoms with E-state index in [1.807, 2.05) is 38.1 Å². The number of aryl methyl sites for hydroxylation is 1. The van der Waals surface area contributed by atoms with E-state index < -0.39 is 4.92 Å². The Labute approximate surface area is 173 Å². The highest BCUT2D eigenvalue weighted by molar-refractivity contribution is 5.82. The molecule has 0 spiro atoms. The van der Waals surface area contributed by atoms with E-state index in [4.69, 9.17) is 9.15 Å². The molecule has 0 saturated carbocycles. The minimum absolute atomic E-state index is 0.0104. The van der Waals surface area contributed by atoms with Crippen molar-refractivity contribution in [2.45, 2.75) is 20.3 Å². The van der Waals surface area contributed by atoms with Crippen LogP contribution in [0, 0.1) is 17.0 Å². The zero-order valence-electron chi connectivity index (χ0n) is 16.6. The van der Waals surface area contributed by atoms with Gasteiger partial charge in [0, 0.05) is 17.7 Å². The molecule has 1 amide bonds. The van der Waals surface area contributed by atoms with Crippen LogP contribution >= 0.6 is 0 Å². The van der Waals surface area contributed by atoms with Gasteiger partial charge >= 0.3 is 0 Å². The first-order valence-corrected chi connectivity index (χ1v) is 9.35. The number of nitro groups is 1. The van der Waals surface area contributed by atoms with Gasteiger partial charge in [-0.1, -0.05) is 18.2 Å². The van der Waals surface area contributed by atoms with E-state index in [0.29, 0.717) is 23.7 Å². The van der Waals surface area contributed by atoms with Crippen molar-refractivity contribution in [2.24, 2.45) is 5.10 Å². The smallest absolute Gasteiger partial charge is 0.270 e. The first-order valence-electron chi connectivity index (χ1n) is 9.35. The van der Waals surface area contributed by atoms with Crippen LogP contribution in [0.3, 0.4) is 0 Å². The predicted molar refractivity (Wildman–Crippen MR) is 113 cm³/mol. The molecule has 0 unspecified atom stereocenters. The van der Waals surface area contributed by atoms with Crippen LogP contribution in [-0.2, 0) is 11.2 Å². The third kappa shape index (κ3) is 5.32. The highest BCUT2D eigenvalue weighted by atomic mass is 16.6. The Bertz CT molecular complexity index is 1070. The fraction of sp³-hybridized carbons (Fsp3) is 0.182. The van der Waals surface area contributed by atoms with Gasteiger partial charge in [0.15, 0.2) is 0 Å². The molecule has 3 aromatic rings. The summed E-state index contributed by atoms with van der Waals surface area (Å²) in [5.74, 6) is 1.39. The second kappa shape index (κ2) is 9.51. The van der Waals surface area contributed by atoms with Gasteiger partial charge in [0.05, 0.1) is 24.2 Å². The highest BCUT2D eigenvalue weighted by Crippen LogP contribution is 2.28. The molecule has 8 nitrogen and oxygen atoms in total. The van der Waals surface area contributed by atoms with Crippen LogP contribution < -0.4 is 10.2 Å². The number of rotatable bonds is 8. The van der Waals surface area contributed by atoms with Crippen molar-refractivity contribution in [1.29, 1.82) is 0 Å². The van der Waals surface area contributed by atoms with Gasteiger partial charge in [0.25, 0.3) is 5.69 Å². The molecule has 154 valence electrons. The second-order valence-corrected chi connectivity index (χ2v) is 6.51. The number of furan rings is 1. The van der Waals surface area contributed by atoms with Crippen LogP contribution in [0.4, 0.5) is 5.69 Å². The fourth-order valence-electron chi connectivity index (χ4n) is 2.82. The molecular weight excluding hydrogens is 386 g/mol. The number of benzene rings is 2. The zero-order valence-corrected chi connectivity index (χ0v) is 16.6. The van der Waals surface area contributed by atoms with Gasteiger partial charge in [-0.25, -0.2) is 5.43 Å². The maximum absolute atomic E-state index is 12.0.